The number of hydrogen-bond donors (Lipinski definition) is 1. The van der Waals surface area contributed by atoms with Crippen LogP contribution in [0.2, 0.25) is 0 Å². The van der Waals surface area contributed by atoms with Gasteiger partial charge in [-0.3, -0.25) is 0 Å². The lowest BCUT2D eigenvalue weighted by Crippen LogP contribution is -2.09. The third-order valence-corrected chi connectivity index (χ3v) is 4.37. The lowest BCUT2D eigenvalue weighted by atomic mass is 9.85. The van der Waals surface area contributed by atoms with Crippen molar-refractivity contribution in [2.24, 2.45) is 5.92 Å². The Balaban J connectivity index is 1.95. The van der Waals surface area contributed by atoms with Crippen molar-refractivity contribution in [1.29, 1.82) is 0 Å². The monoisotopic (exact) mass is 278 g/mol. The minimum Gasteiger partial charge on any atom is -0.497 e. The van der Waals surface area contributed by atoms with Crippen LogP contribution in [0, 0.1) is 5.92 Å². The van der Waals surface area contributed by atoms with E-state index in [1.165, 1.54) is 32.1 Å². The molecule has 0 amide bonds. The van der Waals surface area contributed by atoms with E-state index in [2.05, 4.69) is 0 Å². The molecule has 0 radical (unpaired) electrons. The van der Waals surface area contributed by atoms with Crippen molar-refractivity contribution in [3.8, 4) is 11.5 Å². The van der Waals surface area contributed by atoms with Crippen LogP contribution in [0.15, 0.2) is 18.2 Å². The molecule has 1 saturated carbocycles. The minimum absolute atomic E-state index is 0.446. The van der Waals surface area contributed by atoms with E-state index in [9.17, 15) is 5.11 Å². The third-order valence-electron chi connectivity index (χ3n) is 4.37. The SMILES string of the molecule is COc1ccc(C(O)CCC2CCCCC2)c(OC)c1. The Labute approximate surface area is 121 Å². The predicted molar refractivity (Wildman–Crippen MR) is 80.3 cm³/mol. The molecule has 20 heavy (non-hydrogen) atoms. The molecule has 1 aliphatic rings. The fraction of sp³-hybridized carbons (Fsp3) is 0.647. The Morgan fingerprint density at radius 3 is 2.55 bits per heavy atom. The molecule has 1 N–H and O–H groups in total. The molecule has 1 unspecified atom stereocenters. The van der Waals surface area contributed by atoms with Crippen molar-refractivity contribution in [3.63, 3.8) is 0 Å². The largest absolute Gasteiger partial charge is 0.497 e. The molecular formula is C17H26O3. The second kappa shape index (κ2) is 7.53. The number of aliphatic hydroxyl groups is 1. The van der Waals surface area contributed by atoms with Crippen LogP contribution in [-0.2, 0) is 0 Å². The smallest absolute Gasteiger partial charge is 0.128 e. The number of methoxy groups -OCH3 is 2. The second-order valence-corrected chi connectivity index (χ2v) is 5.71. The van der Waals surface area contributed by atoms with Crippen LogP contribution >= 0.6 is 0 Å². The molecule has 0 spiro atoms. The summed E-state index contributed by atoms with van der Waals surface area (Å²) in [6, 6.07) is 5.62. The summed E-state index contributed by atoms with van der Waals surface area (Å²) in [5, 5.41) is 10.4. The second-order valence-electron chi connectivity index (χ2n) is 5.71. The van der Waals surface area contributed by atoms with Gasteiger partial charge in [0.25, 0.3) is 0 Å². The normalized spacial score (nSPS) is 17.8. The summed E-state index contributed by atoms with van der Waals surface area (Å²) in [6.45, 7) is 0. The molecule has 2 rings (SSSR count). The standard InChI is InChI=1S/C17H26O3/c1-19-14-9-10-15(17(12-14)20-2)16(18)11-8-13-6-4-3-5-7-13/h9-10,12-13,16,18H,3-8,11H2,1-2H3. The van der Waals surface area contributed by atoms with E-state index in [1.54, 1.807) is 14.2 Å². The molecule has 1 aromatic rings. The molecule has 3 nitrogen and oxygen atoms in total. The van der Waals surface area contributed by atoms with E-state index in [4.69, 9.17) is 9.47 Å². The van der Waals surface area contributed by atoms with Crippen LogP contribution in [0.3, 0.4) is 0 Å². The van der Waals surface area contributed by atoms with Gasteiger partial charge in [-0.1, -0.05) is 32.1 Å². The van der Waals surface area contributed by atoms with Gasteiger partial charge in [-0.05, 0) is 30.9 Å². The molecule has 0 heterocycles. The molecule has 1 atom stereocenters. The third kappa shape index (κ3) is 3.89. The fourth-order valence-corrected chi connectivity index (χ4v) is 3.12. The van der Waals surface area contributed by atoms with Crippen LogP contribution < -0.4 is 9.47 Å². The minimum atomic E-state index is -0.446. The number of benzene rings is 1. The van der Waals surface area contributed by atoms with Crippen LogP contribution in [0.1, 0.15) is 56.6 Å². The van der Waals surface area contributed by atoms with E-state index in [0.29, 0.717) is 5.75 Å². The van der Waals surface area contributed by atoms with Crippen molar-refractivity contribution in [2.75, 3.05) is 14.2 Å². The summed E-state index contributed by atoms with van der Waals surface area (Å²) in [7, 11) is 3.26. The molecule has 1 fully saturated rings. The molecule has 1 aromatic carbocycles. The first-order valence-electron chi connectivity index (χ1n) is 7.64. The van der Waals surface area contributed by atoms with E-state index in [0.717, 1.165) is 30.1 Å². The average molecular weight is 278 g/mol. The van der Waals surface area contributed by atoms with Gasteiger partial charge in [-0.15, -0.1) is 0 Å². The van der Waals surface area contributed by atoms with Gasteiger partial charge in [0.15, 0.2) is 0 Å². The van der Waals surface area contributed by atoms with E-state index < -0.39 is 6.10 Å². The van der Waals surface area contributed by atoms with Crippen molar-refractivity contribution >= 4 is 0 Å². The summed E-state index contributed by atoms with van der Waals surface area (Å²) in [5.41, 5.74) is 0.865. The van der Waals surface area contributed by atoms with Crippen LogP contribution in [0.25, 0.3) is 0 Å². The van der Waals surface area contributed by atoms with E-state index >= 15 is 0 Å². The lowest BCUT2D eigenvalue weighted by Gasteiger charge is -2.23. The molecule has 0 bridgehead atoms. The maximum Gasteiger partial charge on any atom is 0.128 e. The molecule has 0 aliphatic heterocycles. The number of aliphatic hydroxyl groups excluding tert-OH is 1. The highest BCUT2D eigenvalue weighted by molar-refractivity contribution is 5.41. The molecular weight excluding hydrogens is 252 g/mol. The van der Waals surface area contributed by atoms with Crippen LogP contribution in [0.4, 0.5) is 0 Å². The fourth-order valence-electron chi connectivity index (χ4n) is 3.12. The van der Waals surface area contributed by atoms with Gasteiger partial charge >= 0.3 is 0 Å². The Morgan fingerprint density at radius 2 is 1.90 bits per heavy atom. The van der Waals surface area contributed by atoms with Crippen molar-refractivity contribution in [3.05, 3.63) is 23.8 Å². The number of ether oxygens (including phenoxy) is 2. The summed E-state index contributed by atoms with van der Waals surface area (Å²) >= 11 is 0. The summed E-state index contributed by atoms with van der Waals surface area (Å²) < 4.78 is 10.5. The average Bonchev–Trinajstić information content (AvgIpc) is 2.52. The molecule has 0 saturated heterocycles. The molecule has 112 valence electrons. The predicted octanol–water partition coefficient (Wildman–Crippen LogP) is 4.10. The first kappa shape index (κ1) is 15.2. The highest BCUT2D eigenvalue weighted by Gasteiger charge is 2.18. The molecule has 0 aromatic heterocycles. The van der Waals surface area contributed by atoms with Gasteiger partial charge in [0.1, 0.15) is 11.5 Å². The van der Waals surface area contributed by atoms with Gasteiger partial charge in [0.2, 0.25) is 0 Å². The zero-order chi connectivity index (χ0) is 14.4. The maximum absolute atomic E-state index is 10.4. The quantitative estimate of drug-likeness (QED) is 0.851. The summed E-state index contributed by atoms with van der Waals surface area (Å²) in [4.78, 5) is 0. The van der Waals surface area contributed by atoms with Gasteiger partial charge in [-0.25, -0.2) is 0 Å². The lowest BCUT2D eigenvalue weighted by molar-refractivity contribution is 0.148. The Bertz CT molecular complexity index is 411. The summed E-state index contributed by atoms with van der Waals surface area (Å²) in [5.74, 6) is 2.26. The zero-order valence-corrected chi connectivity index (χ0v) is 12.6. The van der Waals surface area contributed by atoms with Gasteiger partial charge < -0.3 is 14.6 Å². The molecule has 3 heteroatoms. The van der Waals surface area contributed by atoms with Crippen molar-refractivity contribution < 1.29 is 14.6 Å². The van der Waals surface area contributed by atoms with Crippen molar-refractivity contribution in [1.82, 2.24) is 0 Å². The first-order valence-corrected chi connectivity index (χ1v) is 7.64. The number of rotatable bonds is 6. The number of hydrogen-bond acceptors (Lipinski definition) is 3. The highest BCUT2D eigenvalue weighted by Crippen LogP contribution is 2.34. The summed E-state index contributed by atoms with van der Waals surface area (Å²) in [6.07, 6.45) is 8.21. The van der Waals surface area contributed by atoms with E-state index in [1.807, 2.05) is 18.2 Å². The first-order chi connectivity index (χ1) is 9.74. The van der Waals surface area contributed by atoms with Crippen LogP contribution in [-0.4, -0.2) is 19.3 Å². The zero-order valence-electron chi connectivity index (χ0n) is 12.6. The molecule has 1 aliphatic carbocycles. The topological polar surface area (TPSA) is 38.7 Å². The Morgan fingerprint density at radius 1 is 1.15 bits per heavy atom. The van der Waals surface area contributed by atoms with E-state index in [-0.39, 0.29) is 0 Å². The van der Waals surface area contributed by atoms with Gasteiger partial charge in [0, 0.05) is 11.6 Å². The Hall–Kier alpha value is -1.22. The van der Waals surface area contributed by atoms with Gasteiger partial charge in [0.05, 0.1) is 20.3 Å². The Kier molecular flexibility index (Phi) is 5.72. The van der Waals surface area contributed by atoms with Gasteiger partial charge in [-0.2, -0.15) is 0 Å². The highest BCUT2D eigenvalue weighted by atomic mass is 16.5. The van der Waals surface area contributed by atoms with Crippen LogP contribution in [0.5, 0.6) is 11.5 Å². The maximum atomic E-state index is 10.4. The van der Waals surface area contributed by atoms with Crippen molar-refractivity contribution in [2.45, 2.75) is 51.0 Å².